The van der Waals surface area contributed by atoms with Gasteiger partial charge in [-0.15, -0.1) is 0 Å². The van der Waals surface area contributed by atoms with Crippen LogP contribution in [0.2, 0.25) is 0 Å². The molecule has 0 aromatic carbocycles. The maximum Gasteiger partial charge on any atom is 0.309 e. The van der Waals surface area contributed by atoms with E-state index >= 15 is 0 Å². The highest BCUT2D eigenvalue weighted by Crippen LogP contribution is 2.14. The zero-order chi connectivity index (χ0) is 13.9. The maximum absolute atomic E-state index is 12.2. The van der Waals surface area contributed by atoms with Crippen molar-refractivity contribution >= 4 is 11.7 Å². The van der Waals surface area contributed by atoms with E-state index in [1.165, 1.54) is 6.26 Å². The van der Waals surface area contributed by atoms with Crippen LogP contribution < -0.4 is 4.90 Å². The van der Waals surface area contributed by atoms with Crippen LogP contribution in [0.4, 0.5) is 5.82 Å². The van der Waals surface area contributed by atoms with Crippen molar-refractivity contribution in [2.24, 2.45) is 0 Å². The molecule has 6 heteroatoms. The SMILES string of the molecule is Cc1coc(C(=O)N2CCN(c3ccccn3)CC2)n1. The molecule has 6 nitrogen and oxygen atoms in total. The molecule has 0 N–H and O–H groups in total. The molecule has 1 aliphatic rings. The smallest absolute Gasteiger partial charge is 0.309 e. The number of anilines is 1. The number of piperazine rings is 1. The molecule has 0 spiro atoms. The Morgan fingerprint density at radius 1 is 1.25 bits per heavy atom. The fourth-order valence-electron chi connectivity index (χ4n) is 2.27. The van der Waals surface area contributed by atoms with Crippen molar-refractivity contribution in [2.75, 3.05) is 31.1 Å². The lowest BCUT2D eigenvalue weighted by Crippen LogP contribution is -2.49. The molecule has 104 valence electrons. The first-order chi connectivity index (χ1) is 9.74. The van der Waals surface area contributed by atoms with Gasteiger partial charge in [0.05, 0.1) is 5.69 Å². The highest BCUT2D eigenvalue weighted by molar-refractivity contribution is 5.89. The molecular formula is C14H16N4O2. The van der Waals surface area contributed by atoms with Crippen LogP contribution in [0.15, 0.2) is 35.1 Å². The Labute approximate surface area is 117 Å². The minimum Gasteiger partial charge on any atom is -0.441 e. The molecule has 1 amide bonds. The average molecular weight is 272 g/mol. The summed E-state index contributed by atoms with van der Waals surface area (Å²) in [4.78, 5) is 24.5. The summed E-state index contributed by atoms with van der Waals surface area (Å²) in [6.45, 7) is 4.64. The highest BCUT2D eigenvalue weighted by Gasteiger charge is 2.25. The Hall–Kier alpha value is -2.37. The topological polar surface area (TPSA) is 62.5 Å². The predicted molar refractivity (Wildman–Crippen MR) is 73.6 cm³/mol. The van der Waals surface area contributed by atoms with Crippen molar-refractivity contribution in [3.05, 3.63) is 42.2 Å². The van der Waals surface area contributed by atoms with Gasteiger partial charge in [0.2, 0.25) is 0 Å². The predicted octanol–water partition coefficient (Wildman–Crippen LogP) is 1.34. The number of nitrogens with zero attached hydrogens (tertiary/aromatic N) is 4. The first-order valence-electron chi connectivity index (χ1n) is 6.61. The number of rotatable bonds is 2. The lowest BCUT2D eigenvalue weighted by Gasteiger charge is -2.34. The van der Waals surface area contributed by atoms with Gasteiger partial charge in [0.15, 0.2) is 0 Å². The van der Waals surface area contributed by atoms with Crippen LogP contribution in [0.25, 0.3) is 0 Å². The zero-order valence-corrected chi connectivity index (χ0v) is 11.3. The molecule has 2 aromatic rings. The van der Waals surface area contributed by atoms with Gasteiger partial charge in [-0.3, -0.25) is 4.79 Å². The van der Waals surface area contributed by atoms with Gasteiger partial charge in [0, 0.05) is 32.4 Å². The summed E-state index contributed by atoms with van der Waals surface area (Å²) in [5.74, 6) is 0.985. The summed E-state index contributed by atoms with van der Waals surface area (Å²) < 4.78 is 5.16. The molecule has 0 radical (unpaired) electrons. The minimum atomic E-state index is -0.140. The molecular weight excluding hydrogens is 256 g/mol. The molecule has 20 heavy (non-hydrogen) atoms. The van der Waals surface area contributed by atoms with Crippen LogP contribution in [-0.4, -0.2) is 47.0 Å². The molecule has 3 rings (SSSR count). The number of amides is 1. The monoisotopic (exact) mass is 272 g/mol. The maximum atomic E-state index is 12.2. The van der Waals surface area contributed by atoms with Crippen LogP contribution in [0.1, 0.15) is 16.4 Å². The normalized spacial score (nSPS) is 15.4. The highest BCUT2D eigenvalue weighted by atomic mass is 16.4. The van der Waals surface area contributed by atoms with E-state index in [0.29, 0.717) is 13.1 Å². The summed E-state index contributed by atoms with van der Waals surface area (Å²) in [6.07, 6.45) is 3.28. The molecule has 0 atom stereocenters. The first kappa shape index (κ1) is 12.7. The average Bonchev–Trinajstić information content (AvgIpc) is 2.94. The zero-order valence-electron chi connectivity index (χ0n) is 11.3. The van der Waals surface area contributed by atoms with Gasteiger partial charge in [-0.1, -0.05) is 6.07 Å². The summed E-state index contributed by atoms with van der Waals surface area (Å²) in [5, 5.41) is 0. The Kier molecular flexibility index (Phi) is 3.37. The summed E-state index contributed by atoms with van der Waals surface area (Å²) in [5.41, 5.74) is 0.723. The number of carbonyl (C=O) groups excluding carboxylic acids is 1. The summed E-state index contributed by atoms with van der Waals surface area (Å²) >= 11 is 0. The van der Waals surface area contributed by atoms with Crippen LogP contribution in [0.5, 0.6) is 0 Å². The molecule has 0 saturated carbocycles. The van der Waals surface area contributed by atoms with Crippen molar-refractivity contribution in [3.8, 4) is 0 Å². The Morgan fingerprint density at radius 2 is 2.05 bits per heavy atom. The van der Waals surface area contributed by atoms with Crippen LogP contribution in [0, 0.1) is 6.92 Å². The number of aryl methyl sites for hydroxylation is 1. The summed E-state index contributed by atoms with van der Waals surface area (Å²) in [6, 6.07) is 5.85. The second-order valence-corrected chi connectivity index (χ2v) is 4.76. The second kappa shape index (κ2) is 5.32. The van der Waals surface area contributed by atoms with E-state index in [1.54, 1.807) is 18.0 Å². The fourth-order valence-corrected chi connectivity index (χ4v) is 2.27. The fraction of sp³-hybridized carbons (Fsp3) is 0.357. The Bertz CT molecular complexity index is 588. The van der Waals surface area contributed by atoms with Gasteiger partial charge in [0.1, 0.15) is 12.1 Å². The van der Waals surface area contributed by atoms with Gasteiger partial charge >= 0.3 is 5.91 Å². The van der Waals surface area contributed by atoms with Gasteiger partial charge < -0.3 is 14.2 Å². The van der Waals surface area contributed by atoms with E-state index < -0.39 is 0 Å². The third-order valence-electron chi connectivity index (χ3n) is 3.34. The lowest BCUT2D eigenvalue weighted by molar-refractivity contribution is 0.0706. The number of pyridine rings is 1. The van der Waals surface area contributed by atoms with Crippen LogP contribution in [0.3, 0.4) is 0 Å². The standard InChI is InChI=1S/C14H16N4O2/c1-11-10-20-13(16-11)14(19)18-8-6-17(7-9-18)12-4-2-3-5-15-12/h2-5,10H,6-9H2,1H3. The van der Waals surface area contributed by atoms with Crippen LogP contribution >= 0.6 is 0 Å². The number of aromatic nitrogens is 2. The van der Waals surface area contributed by atoms with Crippen molar-refractivity contribution in [2.45, 2.75) is 6.92 Å². The van der Waals surface area contributed by atoms with E-state index in [0.717, 1.165) is 24.6 Å². The molecule has 1 aliphatic heterocycles. The van der Waals surface area contributed by atoms with E-state index in [1.807, 2.05) is 18.2 Å². The molecule has 2 aromatic heterocycles. The third-order valence-corrected chi connectivity index (χ3v) is 3.34. The Morgan fingerprint density at radius 3 is 2.65 bits per heavy atom. The molecule has 0 unspecified atom stereocenters. The molecule has 1 saturated heterocycles. The third kappa shape index (κ3) is 2.49. The number of carbonyl (C=O) groups is 1. The van der Waals surface area contributed by atoms with E-state index in [2.05, 4.69) is 14.9 Å². The molecule has 3 heterocycles. The van der Waals surface area contributed by atoms with Crippen molar-refractivity contribution in [3.63, 3.8) is 0 Å². The largest absolute Gasteiger partial charge is 0.441 e. The van der Waals surface area contributed by atoms with E-state index in [4.69, 9.17) is 4.42 Å². The van der Waals surface area contributed by atoms with Gasteiger partial charge in [0.25, 0.3) is 5.89 Å². The molecule has 0 bridgehead atoms. The second-order valence-electron chi connectivity index (χ2n) is 4.76. The number of hydrogen-bond acceptors (Lipinski definition) is 5. The minimum absolute atomic E-state index is 0.140. The summed E-state index contributed by atoms with van der Waals surface area (Å²) in [7, 11) is 0. The first-order valence-corrected chi connectivity index (χ1v) is 6.61. The Balaban J connectivity index is 1.63. The van der Waals surface area contributed by atoms with Crippen molar-refractivity contribution < 1.29 is 9.21 Å². The van der Waals surface area contributed by atoms with Gasteiger partial charge in [-0.25, -0.2) is 9.97 Å². The van der Waals surface area contributed by atoms with Crippen LogP contribution in [-0.2, 0) is 0 Å². The quantitative estimate of drug-likeness (QED) is 0.825. The van der Waals surface area contributed by atoms with Gasteiger partial charge in [-0.05, 0) is 19.1 Å². The van der Waals surface area contributed by atoms with Crippen molar-refractivity contribution in [1.82, 2.24) is 14.9 Å². The lowest BCUT2D eigenvalue weighted by atomic mass is 10.3. The van der Waals surface area contributed by atoms with E-state index in [9.17, 15) is 4.79 Å². The van der Waals surface area contributed by atoms with E-state index in [-0.39, 0.29) is 11.8 Å². The van der Waals surface area contributed by atoms with Crippen molar-refractivity contribution in [1.29, 1.82) is 0 Å². The molecule has 0 aliphatic carbocycles. The number of oxazole rings is 1. The van der Waals surface area contributed by atoms with Gasteiger partial charge in [-0.2, -0.15) is 0 Å². The number of hydrogen-bond donors (Lipinski definition) is 0. The molecule has 1 fully saturated rings.